The van der Waals surface area contributed by atoms with Crippen molar-refractivity contribution in [1.29, 1.82) is 5.39 Å². The van der Waals surface area contributed by atoms with Gasteiger partial charge in [-0.15, -0.1) is 0 Å². The molecule has 1 N–H and O–H groups in total. The largest absolute Gasteiger partial charge is 0.726 e. The second-order valence-electron chi connectivity index (χ2n) is 4.22. The molecule has 0 radical (unpaired) electrons. The van der Waals surface area contributed by atoms with E-state index in [2.05, 4.69) is 29.2 Å². The summed E-state index contributed by atoms with van der Waals surface area (Å²) in [6.07, 6.45) is 0. The van der Waals surface area contributed by atoms with Gasteiger partial charge in [-0.25, -0.2) is 8.42 Å². The summed E-state index contributed by atoms with van der Waals surface area (Å²) < 4.78 is 32.8. The average Bonchev–Trinajstić information content (AvgIpc) is 2.45. The van der Waals surface area contributed by atoms with Gasteiger partial charge in [-0.05, 0) is 27.6 Å². The van der Waals surface area contributed by atoms with E-state index in [1.165, 1.54) is 10.8 Å². The van der Waals surface area contributed by atoms with Gasteiger partial charge in [-0.1, -0.05) is 36.4 Å². The Hall–Kier alpha value is -2.53. The summed E-state index contributed by atoms with van der Waals surface area (Å²) in [5.74, 6) is 0. The van der Waals surface area contributed by atoms with E-state index in [1.54, 1.807) is 6.07 Å². The van der Waals surface area contributed by atoms with Crippen molar-refractivity contribution in [2.75, 3.05) is 0 Å². The molecule has 0 saturated heterocycles. The highest BCUT2D eigenvalue weighted by atomic mass is 32.3. The van der Waals surface area contributed by atoms with E-state index in [4.69, 9.17) is 22.9 Å². The molecule has 0 fully saturated rings. The summed E-state index contributed by atoms with van der Waals surface area (Å²) in [5.41, 5.74) is 0.587. The second kappa shape index (κ2) is 5.85. The lowest BCUT2D eigenvalue weighted by Crippen LogP contribution is -1.90. The van der Waals surface area contributed by atoms with E-state index in [-0.39, 0.29) is 0 Å². The van der Waals surface area contributed by atoms with Crippen LogP contribution >= 0.6 is 0 Å². The van der Waals surface area contributed by atoms with Gasteiger partial charge in [0.15, 0.2) is 4.98 Å². The fraction of sp³-hybridized carbons (Fsp3) is 0. The summed E-state index contributed by atoms with van der Waals surface area (Å²) in [6, 6.07) is 18.1. The minimum atomic E-state index is -4.92. The number of hydrogen-bond acceptors (Lipinski definition) is 4. The van der Waals surface area contributed by atoms with Crippen LogP contribution in [0.2, 0.25) is 0 Å². The number of rotatable bonds is 0. The first-order chi connectivity index (χ1) is 9.88. The fourth-order valence-electron chi connectivity index (χ4n) is 2.05. The van der Waals surface area contributed by atoms with Crippen LogP contribution in [0.1, 0.15) is 0 Å². The average molecular weight is 302 g/mol. The van der Waals surface area contributed by atoms with Crippen LogP contribution in [-0.2, 0) is 10.4 Å². The Kier molecular flexibility index (Phi) is 4.14. The molecular weight excluding hydrogens is 292 g/mol. The lowest BCUT2D eigenvalue weighted by atomic mass is 10.0. The maximum atomic E-state index is 8.79. The van der Waals surface area contributed by atoms with Gasteiger partial charge in [0.25, 0.3) is 0 Å². The van der Waals surface area contributed by atoms with Gasteiger partial charge >= 0.3 is 5.69 Å². The molecule has 0 saturated carbocycles. The topological polar surface area (TPSA) is 106 Å². The number of nitrogens with zero attached hydrogens (tertiary/aromatic N) is 2. The molecule has 0 aromatic heterocycles. The summed E-state index contributed by atoms with van der Waals surface area (Å²) in [7, 11) is -4.92. The zero-order valence-electron chi connectivity index (χ0n) is 10.7. The van der Waals surface area contributed by atoms with Gasteiger partial charge in [0.1, 0.15) is 0 Å². The standard InChI is InChI=1S/C14H9N2.H2O4S/c15-16-12-8-7-11-6-5-10-3-1-2-4-13(10)14(11)9-12;1-5(2,3)4/h1-9H;(H2,1,2,3,4)/q+1;/p-1. The molecule has 0 amide bonds. The van der Waals surface area contributed by atoms with E-state index in [9.17, 15) is 0 Å². The minimum Gasteiger partial charge on any atom is -0.726 e. The minimum absolute atomic E-state index is 0.587. The molecule has 0 heterocycles. The predicted octanol–water partition coefficient (Wildman–Crippen LogP) is 3.48. The third kappa shape index (κ3) is 3.97. The monoisotopic (exact) mass is 302 g/mol. The highest BCUT2D eigenvalue weighted by Gasteiger charge is 2.07. The first kappa shape index (κ1) is 14.9. The molecule has 3 rings (SSSR count). The van der Waals surface area contributed by atoms with Crippen molar-refractivity contribution in [3.05, 3.63) is 59.6 Å². The van der Waals surface area contributed by atoms with Crippen molar-refractivity contribution in [1.82, 2.24) is 0 Å². The molecule has 0 aliphatic rings. The molecule has 6 nitrogen and oxygen atoms in total. The number of hydrogen-bond donors (Lipinski definition) is 1. The second-order valence-corrected chi connectivity index (χ2v) is 5.08. The summed E-state index contributed by atoms with van der Waals surface area (Å²) in [6.45, 7) is 0. The van der Waals surface area contributed by atoms with Crippen LogP contribution < -0.4 is 0 Å². The molecular formula is C14H10N2O4S. The quantitative estimate of drug-likeness (QED) is 0.296. The lowest BCUT2D eigenvalue weighted by Gasteiger charge is -2.01. The SMILES string of the molecule is N#[N+]c1ccc2ccc3ccccc3c2c1.O=S(=O)([O-])O. The Morgan fingerprint density at radius 1 is 0.952 bits per heavy atom. The number of diazo groups is 1. The first-order valence-corrected chi connectivity index (χ1v) is 7.20. The van der Waals surface area contributed by atoms with Crippen LogP contribution in [-0.4, -0.2) is 17.5 Å². The third-order valence-electron chi connectivity index (χ3n) is 2.85. The van der Waals surface area contributed by atoms with Crippen molar-refractivity contribution in [2.24, 2.45) is 0 Å². The van der Waals surface area contributed by atoms with Gasteiger partial charge in [-0.3, -0.25) is 4.55 Å². The van der Waals surface area contributed by atoms with Crippen molar-refractivity contribution < 1.29 is 17.5 Å². The predicted molar refractivity (Wildman–Crippen MR) is 78.5 cm³/mol. The Labute approximate surface area is 120 Å². The molecule has 0 aliphatic heterocycles. The Bertz CT molecular complexity index is 938. The summed E-state index contributed by atoms with van der Waals surface area (Å²) >= 11 is 0. The highest BCUT2D eigenvalue weighted by molar-refractivity contribution is 7.79. The van der Waals surface area contributed by atoms with Gasteiger partial charge in [0.2, 0.25) is 15.8 Å². The molecule has 3 aromatic rings. The Morgan fingerprint density at radius 2 is 1.48 bits per heavy atom. The maximum absolute atomic E-state index is 8.79. The zero-order chi connectivity index (χ0) is 15.5. The molecule has 0 bridgehead atoms. The van der Waals surface area contributed by atoms with Crippen molar-refractivity contribution in [3.63, 3.8) is 0 Å². The van der Waals surface area contributed by atoms with E-state index in [0.29, 0.717) is 5.69 Å². The van der Waals surface area contributed by atoms with Gasteiger partial charge < -0.3 is 4.55 Å². The van der Waals surface area contributed by atoms with Crippen LogP contribution in [0.15, 0.2) is 54.6 Å². The van der Waals surface area contributed by atoms with Gasteiger partial charge in [0, 0.05) is 12.1 Å². The van der Waals surface area contributed by atoms with E-state index < -0.39 is 10.4 Å². The molecule has 0 aliphatic carbocycles. The molecule has 21 heavy (non-hydrogen) atoms. The Morgan fingerprint density at radius 3 is 2.10 bits per heavy atom. The highest BCUT2D eigenvalue weighted by Crippen LogP contribution is 2.28. The molecule has 7 heteroatoms. The summed E-state index contributed by atoms with van der Waals surface area (Å²) in [4.78, 5) is 3.23. The van der Waals surface area contributed by atoms with Gasteiger partial charge in [-0.2, -0.15) is 0 Å². The van der Waals surface area contributed by atoms with Crippen molar-refractivity contribution in [3.8, 4) is 0 Å². The molecule has 106 valence electrons. The molecule has 0 spiro atoms. The van der Waals surface area contributed by atoms with Crippen LogP contribution in [0, 0.1) is 5.39 Å². The zero-order valence-corrected chi connectivity index (χ0v) is 11.5. The summed E-state index contributed by atoms with van der Waals surface area (Å²) in [5, 5.41) is 13.5. The van der Waals surface area contributed by atoms with Crippen molar-refractivity contribution in [2.45, 2.75) is 0 Å². The number of fused-ring (bicyclic) bond motifs is 3. The molecule has 3 aromatic carbocycles. The van der Waals surface area contributed by atoms with Crippen LogP contribution in [0.3, 0.4) is 0 Å². The Balaban J connectivity index is 0.000000282. The van der Waals surface area contributed by atoms with E-state index in [0.717, 1.165) is 10.8 Å². The molecule has 0 atom stereocenters. The van der Waals surface area contributed by atoms with E-state index in [1.807, 2.05) is 24.3 Å². The normalized spacial score (nSPS) is 10.7. The van der Waals surface area contributed by atoms with E-state index >= 15 is 0 Å². The molecule has 0 unspecified atom stereocenters. The van der Waals surface area contributed by atoms with Crippen LogP contribution in [0.4, 0.5) is 5.69 Å². The smallest absolute Gasteiger partial charge is 0.385 e. The van der Waals surface area contributed by atoms with Crippen LogP contribution in [0.5, 0.6) is 0 Å². The first-order valence-electron chi connectivity index (χ1n) is 5.83. The maximum Gasteiger partial charge on any atom is 0.385 e. The van der Waals surface area contributed by atoms with Crippen molar-refractivity contribution >= 4 is 37.6 Å². The lowest BCUT2D eigenvalue weighted by molar-refractivity contribution is 0.366. The van der Waals surface area contributed by atoms with Gasteiger partial charge in [0.05, 0.1) is 0 Å². The number of benzene rings is 3. The van der Waals surface area contributed by atoms with Crippen LogP contribution in [0.25, 0.3) is 26.5 Å². The third-order valence-corrected chi connectivity index (χ3v) is 2.85. The fourth-order valence-corrected chi connectivity index (χ4v) is 2.05.